The van der Waals surface area contributed by atoms with Gasteiger partial charge in [0.15, 0.2) is 11.5 Å². The highest BCUT2D eigenvalue weighted by molar-refractivity contribution is 7.89. The number of nitrogens with one attached hydrogen (secondary N) is 1. The molecule has 3 aromatic rings. The molecule has 3 rings (SSSR count). The maximum atomic E-state index is 12.5. The van der Waals surface area contributed by atoms with Crippen LogP contribution in [0.25, 0.3) is 10.8 Å². The third kappa shape index (κ3) is 3.80. The van der Waals surface area contributed by atoms with Gasteiger partial charge in [-0.3, -0.25) is 0 Å². The van der Waals surface area contributed by atoms with Gasteiger partial charge in [0.25, 0.3) is 10.0 Å². The topological polar surface area (TPSA) is 97.2 Å². The van der Waals surface area contributed by atoms with Crippen molar-refractivity contribution in [2.75, 3.05) is 14.2 Å². The van der Waals surface area contributed by atoms with Crippen molar-refractivity contribution in [2.24, 2.45) is 5.10 Å². The van der Waals surface area contributed by atoms with Crippen LogP contribution in [-0.4, -0.2) is 34.0 Å². The summed E-state index contributed by atoms with van der Waals surface area (Å²) < 4.78 is 35.1. The molecule has 2 N–H and O–H groups in total. The lowest BCUT2D eigenvalue weighted by Crippen LogP contribution is -2.18. The second-order valence-corrected chi connectivity index (χ2v) is 7.25. The van der Waals surface area contributed by atoms with Crippen LogP contribution < -0.4 is 14.3 Å². The number of rotatable bonds is 6. The van der Waals surface area contributed by atoms with E-state index in [4.69, 9.17) is 9.47 Å². The summed E-state index contributed by atoms with van der Waals surface area (Å²) in [7, 11) is -1.04. The molecule has 140 valence electrons. The Bertz CT molecular complexity index is 1110. The monoisotopic (exact) mass is 386 g/mol. The highest BCUT2D eigenvalue weighted by Crippen LogP contribution is 2.29. The van der Waals surface area contributed by atoms with Gasteiger partial charge in [-0.15, -0.1) is 0 Å². The van der Waals surface area contributed by atoms with Crippen LogP contribution in [0.3, 0.4) is 0 Å². The summed E-state index contributed by atoms with van der Waals surface area (Å²) in [5, 5.41) is 15.5. The lowest BCUT2D eigenvalue weighted by molar-refractivity contribution is 0.354. The highest BCUT2D eigenvalue weighted by Gasteiger charge is 2.16. The van der Waals surface area contributed by atoms with Crippen molar-refractivity contribution in [2.45, 2.75) is 4.90 Å². The van der Waals surface area contributed by atoms with E-state index in [2.05, 4.69) is 9.93 Å². The Morgan fingerprint density at radius 1 is 1.00 bits per heavy atom. The summed E-state index contributed by atoms with van der Waals surface area (Å²) >= 11 is 0. The molecule has 0 atom stereocenters. The van der Waals surface area contributed by atoms with Crippen molar-refractivity contribution < 1.29 is 23.0 Å². The molecule has 0 unspecified atom stereocenters. The van der Waals surface area contributed by atoms with Crippen LogP contribution in [0.1, 0.15) is 5.56 Å². The van der Waals surface area contributed by atoms with E-state index in [1.54, 1.807) is 6.07 Å². The minimum atomic E-state index is -3.92. The van der Waals surface area contributed by atoms with Crippen LogP contribution in [0.4, 0.5) is 0 Å². The third-order valence-corrected chi connectivity index (χ3v) is 5.20. The number of fused-ring (bicyclic) bond motifs is 1. The molecule has 0 fully saturated rings. The average molecular weight is 386 g/mol. The molecule has 0 aromatic heterocycles. The van der Waals surface area contributed by atoms with Gasteiger partial charge in [-0.2, -0.15) is 13.5 Å². The second-order valence-electron chi connectivity index (χ2n) is 5.59. The van der Waals surface area contributed by atoms with E-state index in [0.29, 0.717) is 11.3 Å². The molecule has 0 aliphatic carbocycles. The number of ether oxygens (including phenoxy) is 2. The summed E-state index contributed by atoms with van der Waals surface area (Å²) in [5.74, 6) is 0.708. The normalized spacial score (nSPS) is 11.6. The lowest BCUT2D eigenvalue weighted by Gasteiger charge is -2.10. The van der Waals surface area contributed by atoms with Gasteiger partial charge < -0.3 is 14.6 Å². The van der Waals surface area contributed by atoms with Gasteiger partial charge in [0.05, 0.1) is 25.3 Å². The molecular formula is C19H18N2O5S. The van der Waals surface area contributed by atoms with Crippen LogP contribution in [-0.2, 0) is 10.0 Å². The standard InChI is InChI=1S/C19H18N2O5S/c1-25-18-10-8-14(11-19(18)26-2)27(23,24)21-20-12-16-15-6-4-3-5-13(15)7-9-17(16)22/h3-12,21-22H,1-2H3/b20-12+. The van der Waals surface area contributed by atoms with Gasteiger partial charge in [0, 0.05) is 11.6 Å². The number of hydrogen-bond acceptors (Lipinski definition) is 6. The number of aromatic hydroxyl groups is 1. The van der Waals surface area contributed by atoms with Gasteiger partial charge in [0.1, 0.15) is 5.75 Å². The quantitative estimate of drug-likeness (QED) is 0.502. The number of methoxy groups -OCH3 is 2. The largest absolute Gasteiger partial charge is 0.507 e. The maximum Gasteiger partial charge on any atom is 0.276 e. The summed E-state index contributed by atoms with van der Waals surface area (Å²) in [6.45, 7) is 0. The van der Waals surface area contributed by atoms with Gasteiger partial charge in [0.2, 0.25) is 0 Å². The lowest BCUT2D eigenvalue weighted by atomic mass is 10.0. The Morgan fingerprint density at radius 3 is 2.48 bits per heavy atom. The number of sulfonamides is 1. The molecular weight excluding hydrogens is 368 g/mol. The van der Waals surface area contributed by atoms with Crippen LogP contribution in [0.15, 0.2) is 64.6 Å². The van der Waals surface area contributed by atoms with E-state index in [1.807, 2.05) is 24.3 Å². The average Bonchev–Trinajstić information content (AvgIpc) is 2.69. The number of benzene rings is 3. The smallest absolute Gasteiger partial charge is 0.276 e. The Balaban J connectivity index is 1.89. The second kappa shape index (κ2) is 7.55. The zero-order valence-corrected chi connectivity index (χ0v) is 15.5. The van der Waals surface area contributed by atoms with Crippen molar-refractivity contribution >= 4 is 27.0 Å². The minimum Gasteiger partial charge on any atom is -0.507 e. The van der Waals surface area contributed by atoms with Crippen molar-refractivity contribution in [3.8, 4) is 17.2 Å². The molecule has 0 saturated heterocycles. The van der Waals surface area contributed by atoms with E-state index < -0.39 is 10.0 Å². The summed E-state index contributed by atoms with van der Waals surface area (Å²) in [4.78, 5) is 2.11. The van der Waals surface area contributed by atoms with E-state index >= 15 is 0 Å². The molecule has 0 aliphatic rings. The van der Waals surface area contributed by atoms with Crippen LogP contribution in [0.2, 0.25) is 0 Å². The first-order valence-corrected chi connectivity index (χ1v) is 9.42. The fourth-order valence-electron chi connectivity index (χ4n) is 2.62. The number of phenols is 1. The number of hydrazone groups is 1. The van der Waals surface area contributed by atoms with E-state index in [1.165, 1.54) is 44.7 Å². The Kier molecular flexibility index (Phi) is 5.18. The van der Waals surface area contributed by atoms with Gasteiger partial charge >= 0.3 is 0 Å². The zero-order valence-electron chi connectivity index (χ0n) is 14.7. The van der Waals surface area contributed by atoms with Crippen LogP contribution >= 0.6 is 0 Å². The predicted molar refractivity (Wildman–Crippen MR) is 103 cm³/mol. The van der Waals surface area contributed by atoms with E-state index in [9.17, 15) is 13.5 Å². The third-order valence-electron chi connectivity index (χ3n) is 3.98. The maximum absolute atomic E-state index is 12.5. The molecule has 7 nitrogen and oxygen atoms in total. The summed E-state index contributed by atoms with van der Waals surface area (Å²) in [6.07, 6.45) is 1.27. The molecule has 0 radical (unpaired) electrons. The van der Waals surface area contributed by atoms with Gasteiger partial charge in [-0.1, -0.05) is 30.3 Å². The number of phenolic OH excluding ortho intramolecular Hbond substituents is 1. The van der Waals surface area contributed by atoms with Crippen LogP contribution in [0, 0.1) is 0 Å². The Morgan fingerprint density at radius 2 is 1.74 bits per heavy atom. The summed E-state index contributed by atoms with van der Waals surface area (Å²) in [6, 6.07) is 14.9. The molecule has 0 aliphatic heterocycles. The molecule has 0 heterocycles. The first-order chi connectivity index (χ1) is 13.0. The number of nitrogens with zero attached hydrogens (tertiary/aromatic N) is 1. The Labute approximate surface area is 156 Å². The van der Waals surface area contributed by atoms with Crippen LogP contribution in [0.5, 0.6) is 17.2 Å². The SMILES string of the molecule is COc1ccc(S(=O)(=O)N/N=C/c2c(O)ccc3ccccc23)cc1OC. The first kappa shape index (κ1) is 18.5. The summed E-state index contributed by atoms with van der Waals surface area (Å²) in [5.41, 5.74) is 0.420. The van der Waals surface area contributed by atoms with E-state index in [0.717, 1.165) is 10.8 Å². The van der Waals surface area contributed by atoms with E-state index in [-0.39, 0.29) is 16.4 Å². The molecule has 3 aromatic carbocycles. The zero-order chi connectivity index (χ0) is 19.4. The highest BCUT2D eigenvalue weighted by atomic mass is 32.2. The van der Waals surface area contributed by atoms with Crippen molar-refractivity contribution in [3.63, 3.8) is 0 Å². The van der Waals surface area contributed by atoms with Crippen molar-refractivity contribution in [1.82, 2.24) is 4.83 Å². The predicted octanol–water partition coefficient (Wildman–Crippen LogP) is 2.88. The van der Waals surface area contributed by atoms with Gasteiger partial charge in [-0.05, 0) is 29.0 Å². The minimum absolute atomic E-state index is 0.00256. The number of hydrogen-bond donors (Lipinski definition) is 2. The van der Waals surface area contributed by atoms with Crippen molar-refractivity contribution in [1.29, 1.82) is 0 Å². The molecule has 27 heavy (non-hydrogen) atoms. The fourth-order valence-corrected chi connectivity index (χ4v) is 3.42. The molecule has 0 spiro atoms. The van der Waals surface area contributed by atoms with Crippen molar-refractivity contribution in [3.05, 3.63) is 60.2 Å². The fraction of sp³-hybridized carbons (Fsp3) is 0.105. The van der Waals surface area contributed by atoms with Gasteiger partial charge in [-0.25, -0.2) is 4.83 Å². The first-order valence-electron chi connectivity index (χ1n) is 7.94. The molecule has 0 amide bonds. The Hall–Kier alpha value is -3.26. The molecule has 0 saturated carbocycles. The molecule has 8 heteroatoms. The molecule has 0 bridgehead atoms.